The van der Waals surface area contributed by atoms with Crippen LogP contribution in [0.4, 0.5) is 10.3 Å². The largest absolute Gasteiger partial charge is 0.494 e. The molecule has 136 valence electrons. The number of nitrogens with zero attached hydrogens (tertiary/aromatic N) is 5. The molecule has 2 aromatic heterocycles. The van der Waals surface area contributed by atoms with E-state index >= 15 is 0 Å². The maximum absolute atomic E-state index is 13.8. The number of para-hydroxylation sites is 2. The van der Waals surface area contributed by atoms with Crippen LogP contribution in [0.3, 0.4) is 0 Å². The van der Waals surface area contributed by atoms with Gasteiger partial charge >= 0.3 is 0 Å². The van der Waals surface area contributed by atoms with Crippen LogP contribution in [0.15, 0.2) is 36.7 Å². The Balaban J connectivity index is 1.71. The molecule has 0 bridgehead atoms. The second-order valence-corrected chi connectivity index (χ2v) is 6.44. The summed E-state index contributed by atoms with van der Waals surface area (Å²) < 4.78 is 21.0. The third-order valence-corrected chi connectivity index (χ3v) is 4.70. The maximum Gasteiger partial charge on any atom is 0.207 e. The van der Waals surface area contributed by atoms with Crippen molar-refractivity contribution in [2.24, 2.45) is 5.73 Å². The van der Waals surface area contributed by atoms with Gasteiger partial charge in [-0.2, -0.15) is 0 Å². The van der Waals surface area contributed by atoms with Crippen molar-refractivity contribution in [3.8, 4) is 5.75 Å². The molecule has 3 heterocycles. The quantitative estimate of drug-likeness (QED) is 0.767. The predicted octanol–water partition coefficient (Wildman–Crippen LogP) is 1.76. The Morgan fingerprint density at radius 3 is 2.77 bits per heavy atom. The Kier molecular flexibility index (Phi) is 4.42. The fourth-order valence-corrected chi connectivity index (χ4v) is 3.27. The number of halogens is 1. The highest BCUT2D eigenvalue weighted by atomic mass is 19.1. The zero-order valence-corrected chi connectivity index (χ0v) is 14.5. The highest BCUT2D eigenvalue weighted by molar-refractivity contribution is 5.79. The lowest BCUT2D eigenvalue weighted by atomic mass is 10.1. The number of benzene rings is 1. The third kappa shape index (κ3) is 3.08. The number of piperidine rings is 1. The minimum Gasteiger partial charge on any atom is -0.494 e. The van der Waals surface area contributed by atoms with E-state index in [-0.39, 0.29) is 0 Å². The van der Waals surface area contributed by atoms with E-state index in [1.807, 2.05) is 29.2 Å². The molecule has 7 nitrogen and oxygen atoms in total. The van der Waals surface area contributed by atoms with Gasteiger partial charge in [0.05, 0.1) is 43.1 Å². The number of hydrogen-bond acceptors (Lipinski definition) is 6. The molecule has 1 aliphatic heterocycles. The molecule has 0 amide bonds. The summed E-state index contributed by atoms with van der Waals surface area (Å²) in [5.74, 6) is 2.04. The summed E-state index contributed by atoms with van der Waals surface area (Å²) in [7, 11) is 1.58. The lowest BCUT2D eigenvalue weighted by Gasteiger charge is -2.34. The van der Waals surface area contributed by atoms with Crippen molar-refractivity contribution < 1.29 is 9.13 Å². The molecule has 8 heteroatoms. The molecule has 0 radical (unpaired) electrons. The molecule has 1 unspecified atom stereocenters. The number of ether oxygens (including phenoxy) is 1. The summed E-state index contributed by atoms with van der Waals surface area (Å²) in [5, 5.41) is 0. The van der Waals surface area contributed by atoms with Gasteiger partial charge < -0.3 is 19.9 Å². The van der Waals surface area contributed by atoms with E-state index in [1.165, 1.54) is 0 Å². The smallest absolute Gasteiger partial charge is 0.207 e. The standard InChI is InChI=1S/C18H21FN6O/c1-26-12-8-21-17(22-9-12)11-25-16-5-3-2-4-15(16)23-18(25)24-7-6-13(19)14(20)10-24/h2-5,8-9,13-14H,6-7,10-11,20H2,1H3/t13?,14-/m1/s1. The number of hydrogen-bond donors (Lipinski definition) is 1. The molecule has 1 fully saturated rings. The van der Waals surface area contributed by atoms with Crippen molar-refractivity contribution in [1.29, 1.82) is 0 Å². The van der Waals surface area contributed by atoms with Crippen molar-refractivity contribution in [3.05, 3.63) is 42.5 Å². The SMILES string of the molecule is COc1cnc(Cn2c(N3CCC(F)[C@H](N)C3)nc3ccccc32)nc1. The van der Waals surface area contributed by atoms with Crippen molar-refractivity contribution in [3.63, 3.8) is 0 Å². The zero-order valence-electron chi connectivity index (χ0n) is 14.5. The monoisotopic (exact) mass is 356 g/mol. The summed E-state index contributed by atoms with van der Waals surface area (Å²) in [4.78, 5) is 15.5. The average Bonchev–Trinajstić information content (AvgIpc) is 3.03. The first kappa shape index (κ1) is 16.7. The second kappa shape index (κ2) is 6.87. The van der Waals surface area contributed by atoms with E-state index in [9.17, 15) is 4.39 Å². The van der Waals surface area contributed by atoms with Crippen LogP contribution in [0.2, 0.25) is 0 Å². The minimum atomic E-state index is -0.964. The molecule has 3 aromatic rings. The number of imidazole rings is 1. The highest BCUT2D eigenvalue weighted by Crippen LogP contribution is 2.26. The number of fused-ring (bicyclic) bond motifs is 1. The number of nitrogens with two attached hydrogens (primary N) is 1. The number of methoxy groups -OCH3 is 1. The van der Waals surface area contributed by atoms with E-state index in [2.05, 4.69) is 14.5 Å². The summed E-state index contributed by atoms with van der Waals surface area (Å²) >= 11 is 0. The van der Waals surface area contributed by atoms with Gasteiger partial charge in [-0.3, -0.25) is 0 Å². The molecule has 4 rings (SSSR count). The number of alkyl halides is 1. The van der Waals surface area contributed by atoms with Crippen molar-refractivity contribution in [1.82, 2.24) is 19.5 Å². The lowest BCUT2D eigenvalue weighted by Crippen LogP contribution is -2.50. The van der Waals surface area contributed by atoms with Gasteiger partial charge in [0.1, 0.15) is 12.0 Å². The van der Waals surface area contributed by atoms with E-state index in [0.717, 1.165) is 17.0 Å². The molecule has 1 aromatic carbocycles. The van der Waals surface area contributed by atoms with E-state index < -0.39 is 12.2 Å². The summed E-state index contributed by atoms with van der Waals surface area (Å²) in [6.07, 6.45) is 2.73. The number of anilines is 1. The molecule has 1 saturated heterocycles. The van der Waals surface area contributed by atoms with Crippen LogP contribution in [0.1, 0.15) is 12.2 Å². The molecule has 26 heavy (non-hydrogen) atoms. The first-order valence-electron chi connectivity index (χ1n) is 8.60. The van der Waals surface area contributed by atoms with Gasteiger partial charge in [-0.1, -0.05) is 12.1 Å². The summed E-state index contributed by atoms with van der Waals surface area (Å²) in [6, 6.07) is 7.39. The number of aromatic nitrogens is 4. The molecular weight excluding hydrogens is 335 g/mol. The molecule has 0 aliphatic carbocycles. The summed E-state index contributed by atoms with van der Waals surface area (Å²) in [6.45, 7) is 1.49. The second-order valence-electron chi connectivity index (χ2n) is 6.44. The van der Waals surface area contributed by atoms with E-state index in [1.54, 1.807) is 19.5 Å². The Bertz CT molecular complexity index is 896. The normalized spacial score (nSPS) is 20.5. The molecular formula is C18H21FN6O. The van der Waals surface area contributed by atoms with Gasteiger partial charge in [0.25, 0.3) is 0 Å². The predicted molar refractivity (Wildman–Crippen MR) is 97.1 cm³/mol. The topological polar surface area (TPSA) is 82.1 Å². The van der Waals surface area contributed by atoms with Crippen LogP contribution in [0.5, 0.6) is 5.75 Å². The van der Waals surface area contributed by atoms with Gasteiger partial charge in [0.15, 0.2) is 5.75 Å². The molecule has 1 aliphatic rings. The Labute approximate surface area is 150 Å². The van der Waals surface area contributed by atoms with E-state index in [0.29, 0.717) is 37.6 Å². The van der Waals surface area contributed by atoms with Crippen LogP contribution >= 0.6 is 0 Å². The number of rotatable bonds is 4. The average molecular weight is 356 g/mol. The van der Waals surface area contributed by atoms with Crippen LogP contribution in [0, 0.1) is 0 Å². The maximum atomic E-state index is 13.8. The lowest BCUT2D eigenvalue weighted by molar-refractivity contribution is 0.243. The first-order chi connectivity index (χ1) is 12.7. The molecule has 0 spiro atoms. The minimum absolute atomic E-state index is 0.406. The van der Waals surface area contributed by atoms with Gasteiger partial charge in [0.2, 0.25) is 5.95 Å². The zero-order chi connectivity index (χ0) is 18.1. The Morgan fingerprint density at radius 2 is 2.04 bits per heavy atom. The van der Waals surface area contributed by atoms with Crippen molar-refractivity contribution in [2.75, 3.05) is 25.1 Å². The van der Waals surface area contributed by atoms with Crippen LogP contribution in [-0.2, 0) is 6.54 Å². The van der Waals surface area contributed by atoms with E-state index in [4.69, 9.17) is 15.5 Å². The van der Waals surface area contributed by atoms with Crippen LogP contribution in [-0.4, -0.2) is 51.9 Å². The van der Waals surface area contributed by atoms with Gasteiger partial charge in [-0.25, -0.2) is 19.3 Å². The summed E-state index contributed by atoms with van der Waals surface area (Å²) in [5.41, 5.74) is 7.81. The Hall–Kier alpha value is -2.74. The fraction of sp³-hybridized carbons (Fsp3) is 0.389. The van der Waals surface area contributed by atoms with Gasteiger partial charge in [-0.05, 0) is 18.6 Å². The van der Waals surface area contributed by atoms with Crippen molar-refractivity contribution in [2.45, 2.75) is 25.2 Å². The van der Waals surface area contributed by atoms with Gasteiger partial charge in [0, 0.05) is 13.1 Å². The van der Waals surface area contributed by atoms with Crippen LogP contribution in [0.25, 0.3) is 11.0 Å². The molecule has 2 N–H and O–H groups in total. The Morgan fingerprint density at radius 1 is 1.27 bits per heavy atom. The van der Waals surface area contributed by atoms with Gasteiger partial charge in [-0.15, -0.1) is 0 Å². The fourth-order valence-electron chi connectivity index (χ4n) is 3.27. The third-order valence-electron chi connectivity index (χ3n) is 4.70. The van der Waals surface area contributed by atoms with Crippen molar-refractivity contribution >= 4 is 17.0 Å². The first-order valence-corrected chi connectivity index (χ1v) is 8.60. The molecule has 2 atom stereocenters. The molecule has 0 saturated carbocycles. The van der Waals surface area contributed by atoms with Crippen LogP contribution < -0.4 is 15.4 Å². The highest BCUT2D eigenvalue weighted by Gasteiger charge is 2.29.